The highest BCUT2D eigenvalue weighted by Gasteiger charge is 2.19. The van der Waals surface area contributed by atoms with Crippen LogP contribution in [-0.2, 0) is 28.6 Å². The Morgan fingerprint density at radius 3 is 1.13 bits per heavy atom. The molecule has 0 aromatic heterocycles. The SMILES string of the molecule is CCC/C=C\CCCCCCCC(=O)OC(COC(=O)CCCCCCC)COC(=O)CCCCCCCC/C=C\C/C=C\C/C=C\CCCCCCC. The highest BCUT2D eigenvalue weighted by molar-refractivity contribution is 5.71. The number of carbonyl (C=O) groups is 3. The zero-order chi connectivity index (χ0) is 39.4. The zero-order valence-corrected chi connectivity index (χ0v) is 35.5. The fraction of sp³-hybridized carbons (Fsp3) is 0.771. The van der Waals surface area contributed by atoms with Gasteiger partial charge in [0, 0.05) is 19.3 Å². The lowest BCUT2D eigenvalue weighted by Gasteiger charge is -2.18. The van der Waals surface area contributed by atoms with Gasteiger partial charge in [0.25, 0.3) is 0 Å². The third-order valence-electron chi connectivity index (χ3n) is 9.54. The second kappa shape index (κ2) is 43.1. The Morgan fingerprint density at radius 1 is 0.370 bits per heavy atom. The van der Waals surface area contributed by atoms with Crippen molar-refractivity contribution in [2.75, 3.05) is 13.2 Å². The second-order valence-corrected chi connectivity index (χ2v) is 15.0. The van der Waals surface area contributed by atoms with Crippen LogP contribution in [0.25, 0.3) is 0 Å². The minimum atomic E-state index is -0.776. The van der Waals surface area contributed by atoms with E-state index in [-0.39, 0.29) is 31.1 Å². The molecule has 0 aromatic carbocycles. The monoisotopic (exact) mass is 757 g/mol. The average Bonchev–Trinajstić information content (AvgIpc) is 3.17. The first-order valence-corrected chi connectivity index (χ1v) is 22.6. The van der Waals surface area contributed by atoms with Crippen LogP contribution in [0.5, 0.6) is 0 Å². The molecule has 312 valence electrons. The van der Waals surface area contributed by atoms with Gasteiger partial charge >= 0.3 is 17.9 Å². The molecule has 0 saturated heterocycles. The topological polar surface area (TPSA) is 78.9 Å². The van der Waals surface area contributed by atoms with E-state index in [9.17, 15) is 14.4 Å². The van der Waals surface area contributed by atoms with Crippen LogP contribution < -0.4 is 0 Å². The van der Waals surface area contributed by atoms with Crippen molar-refractivity contribution in [1.82, 2.24) is 0 Å². The largest absolute Gasteiger partial charge is 0.462 e. The Morgan fingerprint density at radius 2 is 0.704 bits per heavy atom. The molecule has 0 aliphatic carbocycles. The fourth-order valence-electron chi connectivity index (χ4n) is 6.10. The summed E-state index contributed by atoms with van der Waals surface area (Å²) in [6, 6.07) is 0. The summed E-state index contributed by atoms with van der Waals surface area (Å²) < 4.78 is 16.5. The van der Waals surface area contributed by atoms with Crippen LogP contribution in [-0.4, -0.2) is 37.2 Å². The molecular formula is C48H84O6. The van der Waals surface area contributed by atoms with Crippen molar-refractivity contribution in [3.05, 3.63) is 48.6 Å². The van der Waals surface area contributed by atoms with Gasteiger partial charge in [-0.1, -0.05) is 172 Å². The lowest BCUT2D eigenvalue weighted by atomic mass is 10.1. The van der Waals surface area contributed by atoms with Gasteiger partial charge in [-0.25, -0.2) is 0 Å². The van der Waals surface area contributed by atoms with Gasteiger partial charge in [-0.15, -0.1) is 0 Å². The minimum Gasteiger partial charge on any atom is -0.462 e. The molecule has 0 radical (unpaired) electrons. The van der Waals surface area contributed by atoms with Gasteiger partial charge in [-0.05, 0) is 77.0 Å². The molecule has 0 bridgehead atoms. The van der Waals surface area contributed by atoms with Crippen molar-refractivity contribution in [3.63, 3.8) is 0 Å². The maximum atomic E-state index is 12.6. The van der Waals surface area contributed by atoms with E-state index in [1.165, 1.54) is 77.0 Å². The van der Waals surface area contributed by atoms with Crippen LogP contribution >= 0.6 is 0 Å². The van der Waals surface area contributed by atoms with Gasteiger partial charge in [0.05, 0.1) is 0 Å². The molecule has 0 heterocycles. The van der Waals surface area contributed by atoms with Crippen LogP contribution in [0.15, 0.2) is 48.6 Å². The van der Waals surface area contributed by atoms with E-state index in [4.69, 9.17) is 14.2 Å². The van der Waals surface area contributed by atoms with Crippen molar-refractivity contribution < 1.29 is 28.6 Å². The van der Waals surface area contributed by atoms with Crippen molar-refractivity contribution in [3.8, 4) is 0 Å². The molecule has 0 aliphatic heterocycles. The average molecular weight is 757 g/mol. The van der Waals surface area contributed by atoms with Crippen LogP contribution in [0.3, 0.4) is 0 Å². The second-order valence-electron chi connectivity index (χ2n) is 15.0. The molecule has 6 nitrogen and oxygen atoms in total. The Kier molecular flexibility index (Phi) is 41.0. The van der Waals surface area contributed by atoms with Gasteiger partial charge < -0.3 is 14.2 Å². The maximum Gasteiger partial charge on any atom is 0.306 e. The highest BCUT2D eigenvalue weighted by atomic mass is 16.6. The Balaban J connectivity index is 4.18. The summed E-state index contributed by atoms with van der Waals surface area (Å²) in [5.74, 6) is -0.923. The summed E-state index contributed by atoms with van der Waals surface area (Å²) in [6.45, 7) is 6.45. The summed E-state index contributed by atoms with van der Waals surface area (Å²) in [5.41, 5.74) is 0. The molecule has 1 unspecified atom stereocenters. The molecule has 0 aromatic rings. The number of ether oxygens (including phenoxy) is 3. The van der Waals surface area contributed by atoms with Gasteiger partial charge in [-0.3, -0.25) is 14.4 Å². The van der Waals surface area contributed by atoms with Crippen LogP contribution in [0, 0.1) is 0 Å². The number of esters is 3. The van der Waals surface area contributed by atoms with Crippen LogP contribution in [0.1, 0.15) is 220 Å². The molecule has 54 heavy (non-hydrogen) atoms. The third kappa shape index (κ3) is 40.6. The van der Waals surface area contributed by atoms with E-state index < -0.39 is 6.10 Å². The van der Waals surface area contributed by atoms with Crippen molar-refractivity contribution in [2.24, 2.45) is 0 Å². The predicted octanol–water partition coefficient (Wildman–Crippen LogP) is 14.4. The molecule has 6 heteroatoms. The van der Waals surface area contributed by atoms with Gasteiger partial charge in [0.1, 0.15) is 13.2 Å². The number of carbonyl (C=O) groups excluding carboxylic acids is 3. The van der Waals surface area contributed by atoms with Crippen LogP contribution in [0.2, 0.25) is 0 Å². The quantitative estimate of drug-likeness (QED) is 0.0268. The number of unbranched alkanes of at least 4 members (excludes halogenated alkanes) is 21. The first-order chi connectivity index (χ1) is 26.5. The van der Waals surface area contributed by atoms with Crippen LogP contribution in [0.4, 0.5) is 0 Å². The summed E-state index contributed by atoms with van der Waals surface area (Å²) in [6.07, 6.45) is 49.9. The molecule has 1 atom stereocenters. The smallest absolute Gasteiger partial charge is 0.306 e. The van der Waals surface area contributed by atoms with E-state index in [1.807, 2.05) is 0 Å². The highest BCUT2D eigenvalue weighted by Crippen LogP contribution is 2.13. The number of rotatable bonds is 40. The standard InChI is InChI=1S/C48H84O6/c1-4-7-10-13-15-17-19-20-21-22-23-24-25-26-27-28-29-31-32-35-38-41-47(50)53-44-45(43-52-46(49)40-37-34-12-9-6-3)54-48(51)42-39-36-33-30-18-16-14-11-8-5-2/h11,14,19-20,22-23,25-26,45H,4-10,12-13,15-18,21,24,27-44H2,1-3H3/b14-11-,20-19-,23-22-,26-25-. The summed E-state index contributed by atoms with van der Waals surface area (Å²) in [7, 11) is 0. The lowest BCUT2D eigenvalue weighted by molar-refractivity contribution is -0.167. The first kappa shape index (κ1) is 51.4. The van der Waals surface area contributed by atoms with E-state index in [0.717, 1.165) is 103 Å². The van der Waals surface area contributed by atoms with E-state index in [0.29, 0.717) is 19.3 Å². The summed E-state index contributed by atoms with van der Waals surface area (Å²) >= 11 is 0. The molecule has 0 spiro atoms. The van der Waals surface area contributed by atoms with Crippen molar-refractivity contribution in [1.29, 1.82) is 0 Å². The molecule has 0 rings (SSSR count). The molecule has 0 fully saturated rings. The van der Waals surface area contributed by atoms with E-state index >= 15 is 0 Å². The minimum absolute atomic E-state index is 0.0821. The number of allylic oxidation sites excluding steroid dienone is 8. The predicted molar refractivity (Wildman–Crippen MR) is 229 cm³/mol. The van der Waals surface area contributed by atoms with E-state index in [2.05, 4.69) is 69.4 Å². The van der Waals surface area contributed by atoms with Crippen molar-refractivity contribution in [2.45, 2.75) is 226 Å². The van der Waals surface area contributed by atoms with Gasteiger partial charge in [0.15, 0.2) is 6.10 Å². The van der Waals surface area contributed by atoms with Gasteiger partial charge in [-0.2, -0.15) is 0 Å². The maximum absolute atomic E-state index is 12.6. The number of hydrogen-bond donors (Lipinski definition) is 0. The van der Waals surface area contributed by atoms with Gasteiger partial charge in [0.2, 0.25) is 0 Å². The zero-order valence-electron chi connectivity index (χ0n) is 35.5. The molecule has 0 N–H and O–H groups in total. The molecule has 0 aliphatic rings. The molecule has 0 amide bonds. The fourth-order valence-corrected chi connectivity index (χ4v) is 6.10. The normalized spacial score (nSPS) is 12.4. The Labute approximate surface area is 333 Å². The van der Waals surface area contributed by atoms with E-state index in [1.54, 1.807) is 0 Å². The lowest BCUT2D eigenvalue weighted by Crippen LogP contribution is -2.30. The summed E-state index contributed by atoms with van der Waals surface area (Å²) in [5, 5.41) is 0. The molecule has 0 saturated carbocycles. The Bertz CT molecular complexity index is 964. The Hall–Kier alpha value is -2.63. The molecular weight excluding hydrogens is 673 g/mol. The van der Waals surface area contributed by atoms with Crippen molar-refractivity contribution >= 4 is 17.9 Å². The third-order valence-corrected chi connectivity index (χ3v) is 9.54. The first-order valence-electron chi connectivity index (χ1n) is 22.6. The number of hydrogen-bond acceptors (Lipinski definition) is 6. The summed E-state index contributed by atoms with van der Waals surface area (Å²) in [4.78, 5) is 37.4.